The molecule has 0 heterocycles. The lowest BCUT2D eigenvalue weighted by Crippen LogP contribution is -2.31. The van der Waals surface area contributed by atoms with E-state index in [1.807, 2.05) is 32.9 Å². The topological polar surface area (TPSA) is 50.7 Å². The fourth-order valence-electron chi connectivity index (χ4n) is 1.83. The number of ether oxygens (including phenoxy) is 2. The second-order valence-corrected chi connectivity index (χ2v) is 5.35. The van der Waals surface area contributed by atoms with Crippen molar-refractivity contribution in [2.75, 3.05) is 13.7 Å². The average molecular weight is 302 g/mol. The Bertz CT molecular complexity index is 420. The lowest BCUT2D eigenvalue weighted by molar-refractivity contribution is 0.229. The molecule has 0 radical (unpaired) electrons. The molecule has 0 saturated carbocycles. The third-order valence-corrected chi connectivity index (χ3v) is 3.23. The normalized spacial score (nSPS) is 12.6. The maximum absolute atomic E-state index is 9.17. The van der Waals surface area contributed by atoms with Crippen molar-refractivity contribution in [2.45, 2.75) is 45.9 Å². The van der Waals surface area contributed by atoms with Gasteiger partial charge in [0, 0.05) is 12.6 Å². The fourth-order valence-corrected chi connectivity index (χ4v) is 2.10. The van der Waals surface area contributed by atoms with E-state index in [1.54, 1.807) is 7.11 Å². The van der Waals surface area contributed by atoms with Crippen LogP contribution in [0.1, 0.15) is 32.8 Å². The summed E-state index contributed by atoms with van der Waals surface area (Å²) in [5, 5.41) is 13.0. The van der Waals surface area contributed by atoms with Crippen LogP contribution in [0.25, 0.3) is 0 Å². The average Bonchev–Trinajstić information content (AvgIpc) is 2.42. The van der Waals surface area contributed by atoms with E-state index in [2.05, 4.69) is 5.32 Å². The third kappa shape index (κ3) is 4.85. The van der Waals surface area contributed by atoms with E-state index in [0.29, 0.717) is 23.1 Å². The number of nitrogens with one attached hydrogen (secondary N) is 1. The first-order chi connectivity index (χ1) is 9.51. The molecule has 0 aliphatic heterocycles. The van der Waals surface area contributed by atoms with Crippen LogP contribution in [0.15, 0.2) is 12.1 Å². The highest BCUT2D eigenvalue weighted by atomic mass is 35.5. The van der Waals surface area contributed by atoms with Crippen LogP contribution in [0, 0.1) is 0 Å². The molecule has 20 heavy (non-hydrogen) atoms. The van der Waals surface area contributed by atoms with Gasteiger partial charge < -0.3 is 19.9 Å². The molecule has 0 fully saturated rings. The zero-order chi connectivity index (χ0) is 15.1. The van der Waals surface area contributed by atoms with E-state index in [4.69, 9.17) is 26.2 Å². The SMILES string of the molecule is CCC(CO)NCc1cc(Cl)c(OC(C)C)c(OC)c1. The van der Waals surface area contributed by atoms with E-state index in [1.165, 1.54) is 0 Å². The van der Waals surface area contributed by atoms with Gasteiger partial charge in [-0.05, 0) is 38.0 Å². The van der Waals surface area contributed by atoms with Crippen LogP contribution in [0.2, 0.25) is 5.02 Å². The van der Waals surface area contributed by atoms with Gasteiger partial charge in [-0.3, -0.25) is 0 Å². The molecule has 5 heteroatoms. The molecule has 1 rings (SSSR count). The number of hydrogen-bond donors (Lipinski definition) is 2. The third-order valence-electron chi connectivity index (χ3n) is 2.95. The van der Waals surface area contributed by atoms with Crippen LogP contribution in [-0.2, 0) is 6.54 Å². The second-order valence-electron chi connectivity index (χ2n) is 4.94. The second kappa shape index (κ2) is 8.35. The van der Waals surface area contributed by atoms with Gasteiger partial charge in [0.15, 0.2) is 11.5 Å². The molecule has 1 aromatic rings. The fraction of sp³-hybridized carbons (Fsp3) is 0.600. The van der Waals surface area contributed by atoms with Crippen molar-refractivity contribution in [3.05, 3.63) is 22.7 Å². The first-order valence-corrected chi connectivity index (χ1v) is 7.26. The molecular weight excluding hydrogens is 278 g/mol. The van der Waals surface area contributed by atoms with Crippen molar-refractivity contribution >= 4 is 11.6 Å². The number of benzene rings is 1. The van der Waals surface area contributed by atoms with Gasteiger partial charge in [0.1, 0.15) is 0 Å². The molecule has 1 atom stereocenters. The number of halogens is 1. The predicted octanol–water partition coefficient (Wildman–Crippen LogP) is 3.00. The summed E-state index contributed by atoms with van der Waals surface area (Å²) in [5.41, 5.74) is 0.995. The van der Waals surface area contributed by atoms with Crippen molar-refractivity contribution in [2.24, 2.45) is 0 Å². The quantitative estimate of drug-likeness (QED) is 0.775. The molecule has 0 saturated heterocycles. The van der Waals surface area contributed by atoms with E-state index in [9.17, 15) is 0 Å². The first kappa shape index (κ1) is 17.1. The minimum atomic E-state index is 0.0317. The Hall–Kier alpha value is -0.970. The molecule has 0 amide bonds. The van der Waals surface area contributed by atoms with Crippen molar-refractivity contribution in [3.63, 3.8) is 0 Å². The van der Waals surface area contributed by atoms with E-state index in [-0.39, 0.29) is 18.8 Å². The highest BCUT2D eigenvalue weighted by Crippen LogP contribution is 2.37. The largest absolute Gasteiger partial charge is 0.493 e. The smallest absolute Gasteiger partial charge is 0.180 e. The van der Waals surface area contributed by atoms with Gasteiger partial charge in [0.05, 0.1) is 24.8 Å². The maximum Gasteiger partial charge on any atom is 0.180 e. The van der Waals surface area contributed by atoms with Gasteiger partial charge in [-0.1, -0.05) is 18.5 Å². The van der Waals surface area contributed by atoms with Crippen LogP contribution in [0.4, 0.5) is 0 Å². The van der Waals surface area contributed by atoms with Gasteiger partial charge >= 0.3 is 0 Å². The number of hydrogen-bond acceptors (Lipinski definition) is 4. The zero-order valence-corrected chi connectivity index (χ0v) is 13.3. The van der Waals surface area contributed by atoms with Gasteiger partial charge in [-0.15, -0.1) is 0 Å². The van der Waals surface area contributed by atoms with Gasteiger partial charge in [0.2, 0.25) is 0 Å². The summed E-state index contributed by atoms with van der Waals surface area (Å²) in [6.45, 7) is 6.66. The molecule has 1 aromatic carbocycles. The van der Waals surface area contributed by atoms with E-state index < -0.39 is 0 Å². The van der Waals surface area contributed by atoms with E-state index in [0.717, 1.165) is 12.0 Å². The number of aliphatic hydroxyl groups excluding tert-OH is 1. The van der Waals surface area contributed by atoms with Crippen molar-refractivity contribution in [3.8, 4) is 11.5 Å². The first-order valence-electron chi connectivity index (χ1n) is 6.89. The molecule has 114 valence electrons. The Morgan fingerprint density at radius 1 is 1.35 bits per heavy atom. The highest BCUT2D eigenvalue weighted by Gasteiger charge is 2.14. The molecule has 0 aliphatic carbocycles. The lowest BCUT2D eigenvalue weighted by atomic mass is 10.1. The summed E-state index contributed by atoms with van der Waals surface area (Å²) in [6, 6.07) is 3.85. The highest BCUT2D eigenvalue weighted by molar-refractivity contribution is 6.32. The van der Waals surface area contributed by atoms with Crippen LogP contribution >= 0.6 is 11.6 Å². The summed E-state index contributed by atoms with van der Waals surface area (Å²) >= 11 is 6.26. The zero-order valence-electron chi connectivity index (χ0n) is 12.6. The van der Waals surface area contributed by atoms with Gasteiger partial charge in [-0.2, -0.15) is 0 Å². The molecule has 0 aliphatic rings. The Labute approximate surface area is 126 Å². The van der Waals surface area contributed by atoms with Crippen LogP contribution < -0.4 is 14.8 Å². The van der Waals surface area contributed by atoms with Gasteiger partial charge in [-0.25, -0.2) is 0 Å². The van der Waals surface area contributed by atoms with Crippen LogP contribution in [0.3, 0.4) is 0 Å². The lowest BCUT2D eigenvalue weighted by Gasteiger charge is -2.18. The number of methoxy groups -OCH3 is 1. The number of aliphatic hydroxyl groups is 1. The van der Waals surface area contributed by atoms with Crippen molar-refractivity contribution in [1.29, 1.82) is 0 Å². The van der Waals surface area contributed by atoms with Crippen molar-refractivity contribution < 1.29 is 14.6 Å². The molecular formula is C15H24ClNO3. The Morgan fingerprint density at radius 2 is 2.05 bits per heavy atom. The monoisotopic (exact) mass is 301 g/mol. The van der Waals surface area contributed by atoms with Gasteiger partial charge in [0.25, 0.3) is 0 Å². The Morgan fingerprint density at radius 3 is 2.55 bits per heavy atom. The molecule has 0 spiro atoms. The summed E-state index contributed by atoms with van der Waals surface area (Å²) in [6.07, 6.45) is 0.903. The predicted molar refractivity (Wildman–Crippen MR) is 81.8 cm³/mol. The standard InChI is InChI=1S/C15H24ClNO3/c1-5-12(9-18)17-8-11-6-13(16)15(20-10(2)3)14(7-11)19-4/h6-7,10,12,17-18H,5,8-9H2,1-4H3. The minimum Gasteiger partial charge on any atom is -0.493 e. The molecule has 2 N–H and O–H groups in total. The minimum absolute atomic E-state index is 0.0317. The maximum atomic E-state index is 9.17. The summed E-state index contributed by atoms with van der Waals surface area (Å²) < 4.78 is 11.0. The number of rotatable bonds is 8. The summed E-state index contributed by atoms with van der Waals surface area (Å²) in [5.74, 6) is 1.20. The van der Waals surface area contributed by atoms with Crippen molar-refractivity contribution in [1.82, 2.24) is 5.32 Å². The summed E-state index contributed by atoms with van der Waals surface area (Å²) in [7, 11) is 1.60. The molecule has 1 unspecified atom stereocenters. The Kier molecular flexibility index (Phi) is 7.13. The van der Waals surface area contributed by atoms with Crippen LogP contribution in [0.5, 0.6) is 11.5 Å². The van der Waals surface area contributed by atoms with Crippen LogP contribution in [-0.4, -0.2) is 31.0 Å². The molecule has 0 aromatic heterocycles. The van der Waals surface area contributed by atoms with E-state index >= 15 is 0 Å². The molecule has 4 nitrogen and oxygen atoms in total. The summed E-state index contributed by atoms with van der Waals surface area (Å²) in [4.78, 5) is 0. The Balaban J connectivity index is 2.87. The molecule has 0 bridgehead atoms.